The molecule has 0 aliphatic rings. The first kappa shape index (κ1) is 83.0. The van der Waals surface area contributed by atoms with Gasteiger partial charge >= 0.3 is 11.9 Å². The van der Waals surface area contributed by atoms with Crippen LogP contribution in [-0.2, 0) is 19.1 Å². The van der Waals surface area contributed by atoms with Crippen LogP contribution in [0.1, 0.15) is 309 Å². The lowest BCUT2D eigenvalue weighted by atomic mass is 10.0. The van der Waals surface area contributed by atoms with E-state index in [9.17, 15) is 14.7 Å². The lowest BCUT2D eigenvalue weighted by Gasteiger charge is -2.15. The quantitative estimate of drug-likeness (QED) is 0.0373. The molecule has 88 heavy (non-hydrogen) atoms. The van der Waals surface area contributed by atoms with Crippen molar-refractivity contribution in [2.75, 3.05) is 13.2 Å². The van der Waals surface area contributed by atoms with E-state index in [2.05, 4.69) is 196 Å². The largest absolute Gasteiger partial charge is 0.462 e. The van der Waals surface area contributed by atoms with E-state index in [0.29, 0.717) is 12.8 Å². The van der Waals surface area contributed by atoms with Gasteiger partial charge in [-0.2, -0.15) is 0 Å². The van der Waals surface area contributed by atoms with Crippen LogP contribution in [0.4, 0.5) is 0 Å². The van der Waals surface area contributed by atoms with Crippen molar-refractivity contribution in [1.29, 1.82) is 0 Å². The van der Waals surface area contributed by atoms with Crippen LogP contribution < -0.4 is 0 Å². The Labute approximate surface area is 544 Å². The molecule has 0 fully saturated rings. The fraction of sp³-hybridized carbons (Fsp3) is 0.614. The highest BCUT2D eigenvalue weighted by molar-refractivity contribution is 5.70. The van der Waals surface area contributed by atoms with Crippen molar-refractivity contribution in [3.63, 3.8) is 0 Å². The summed E-state index contributed by atoms with van der Waals surface area (Å²) >= 11 is 0. The van der Waals surface area contributed by atoms with Crippen molar-refractivity contribution in [2.45, 2.75) is 315 Å². The molecule has 0 aromatic rings. The van der Waals surface area contributed by atoms with E-state index in [4.69, 9.17) is 9.47 Å². The minimum Gasteiger partial charge on any atom is -0.462 e. The summed E-state index contributed by atoms with van der Waals surface area (Å²) in [6.45, 7) is 3.92. The first-order valence-corrected chi connectivity index (χ1v) is 36.3. The van der Waals surface area contributed by atoms with E-state index in [0.717, 1.165) is 135 Å². The molecule has 0 heterocycles. The molecule has 0 aromatic carbocycles. The maximum absolute atomic E-state index is 12.4. The molecule has 0 aliphatic carbocycles. The Hall–Kier alpha value is -5.00. The number of hydrogen-bond donors (Lipinski definition) is 1. The number of aliphatic hydroxyl groups excluding tert-OH is 1. The van der Waals surface area contributed by atoms with Gasteiger partial charge in [0.1, 0.15) is 6.61 Å². The number of rotatable bonds is 65. The van der Waals surface area contributed by atoms with Crippen LogP contribution in [0.3, 0.4) is 0 Å². The molecule has 0 saturated heterocycles. The summed E-state index contributed by atoms with van der Waals surface area (Å²) in [7, 11) is 0. The first-order chi connectivity index (χ1) is 43.6. The lowest BCUT2D eigenvalue weighted by Crippen LogP contribution is -2.28. The summed E-state index contributed by atoms with van der Waals surface area (Å²) in [5.41, 5.74) is 0. The van der Waals surface area contributed by atoms with E-state index in [1.54, 1.807) is 0 Å². The van der Waals surface area contributed by atoms with Gasteiger partial charge in [-0.1, -0.05) is 344 Å². The van der Waals surface area contributed by atoms with Gasteiger partial charge in [0.25, 0.3) is 0 Å². The van der Waals surface area contributed by atoms with Crippen molar-refractivity contribution in [3.05, 3.63) is 182 Å². The zero-order valence-electron chi connectivity index (χ0n) is 56.9. The van der Waals surface area contributed by atoms with Crippen molar-refractivity contribution in [2.24, 2.45) is 0 Å². The molecule has 0 saturated carbocycles. The second-order valence-corrected chi connectivity index (χ2v) is 23.6. The number of carbonyl (C=O) groups excluding carboxylic acids is 2. The summed E-state index contributed by atoms with van der Waals surface area (Å²) in [4.78, 5) is 24.7. The summed E-state index contributed by atoms with van der Waals surface area (Å²) in [5.74, 6) is -0.594. The zero-order chi connectivity index (χ0) is 63.3. The molecule has 0 aliphatic heterocycles. The normalized spacial score (nSPS) is 13.4. The predicted molar refractivity (Wildman–Crippen MR) is 389 cm³/mol. The summed E-state index contributed by atoms with van der Waals surface area (Å²) in [5, 5.41) is 9.72. The molecule has 1 unspecified atom stereocenters. The van der Waals surface area contributed by atoms with Crippen LogP contribution in [0.15, 0.2) is 182 Å². The molecule has 0 radical (unpaired) electrons. The maximum Gasteiger partial charge on any atom is 0.306 e. The van der Waals surface area contributed by atoms with E-state index in [-0.39, 0.29) is 25.2 Å². The molecule has 0 rings (SSSR count). The Morgan fingerprint density at radius 2 is 0.455 bits per heavy atom. The standard InChI is InChI=1S/C83H134O5/c1-3-5-7-9-11-13-15-17-19-21-23-25-27-29-31-33-35-37-39-41-43-45-47-49-51-53-55-57-59-61-63-65-67-69-71-73-75-77-82(85)87-80-81(79-84)88-83(86)78-76-74-72-70-68-66-64-62-60-58-56-54-52-50-48-46-44-42-40-38-36-34-32-30-28-26-24-22-20-18-16-14-12-10-8-6-4-2/h5-8,11-14,17-20,23-26,29-32,35-38,41-44,48,50,81,84H,3-4,9-10,15-16,21-22,27-28,33-34,39-40,45-47,49,51-80H2,1-2H3/b7-5-,8-6-,13-11-,14-12-,19-17-,20-18-,25-23-,26-24-,31-29-,32-30-,37-35-,38-36-,43-41-,44-42-,50-48-. The Bertz CT molecular complexity index is 1960. The molecule has 5 nitrogen and oxygen atoms in total. The number of ether oxygens (including phenoxy) is 2. The minimum absolute atomic E-state index is 0.0741. The molecule has 1 atom stereocenters. The number of hydrogen-bond acceptors (Lipinski definition) is 5. The SMILES string of the molecule is CC/C=C\C/C=C\C/C=C\C/C=C\C/C=C\C/C=C\C/C=C\C/C=C\CCCCCCCCCCCCCCC(=O)OC(CO)COC(=O)CCCCCCCCCCCCCCCCC/C=C\C/C=C\C/C=C\C/C=C\C/C=C\C/C=C\C/C=C\CC. The molecular formula is C83H134O5. The van der Waals surface area contributed by atoms with Gasteiger partial charge in [-0.05, 0) is 135 Å². The highest BCUT2D eigenvalue weighted by Gasteiger charge is 2.16. The van der Waals surface area contributed by atoms with Gasteiger partial charge in [0.2, 0.25) is 0 Å². The highest BCUT2D eigenvalue weighted by Crippen LogP contribution is 2.17. The molecule has 5 heteroatoms. The van der Waals surface area contributed by atoms with E-state index >= 15 is 0 Å². The van der Waals surface area contributed by atoms with Crippen LogP contribution in [0.5, 0.6) is 0 Å². The predicted octanol–water partition coefficient (Wildman–Crippen LogP) is 25.8. The Morgan fingerprint density at radius 3 is 0.682 bits per heavy atom. The van der Waals surface area contributed by atoms with E-state index < -0.39 is 6.10 Å². The van der Waals surface area contributed by atoms with Crippen molar-refractivity contribution in [3.8, 4) is 0 Å². The third-order valence-electron chi connectivity index (χ3n) is 15.2. The van der Waals surface area contributed by atoms with Crippen LogP contribution in [0, 0.1) is 0 Å². The molecule has 0 spiro atoms. The number of esters is 2. The monoisotopic (exact) mass is 1210 g/mol. The fourth-order valence-corrected chi connectivity index (χ4v) is 9.85. The van der Waals surface area contributed by atoms with Crippen LogP contribution in [0.2, 0.25) is 0 Å². The molecule has 0 aromatic heterocycles. The van der Waals surface area contributed by atoms with Gasteiger partial charge in [0, 0.05) is 12.8 Å². The average Bonchev–Trinajstić information content (AvgIpc) is 3.55. The number of aliphatic hydroxyl groups is 1. The van der Waals surface area contributed by atoms with Gasteiger partial charge in [0.15, 0.2) is 6.10 Å². The third kappa shape index (κ3) is 73.5. The first-order valence-electron chi connectivity index (χ1n) is 36.3. The topological polar surface area (TPSA) is 72.8 Å². The summed E-state index contributed by atoms with van der Waals surface area (Å²) in [6, 6.07) is 0. The Kier molecular flexibility index (Phi) is 71.9. The van der Waals surface area contributed by atoms with Gasteiger partial charge in [0.05, 0.1) is 6.61 Å². The lowest BCUT2D eigenvalue weighted by molar-refractivity contribution is -0.161. The van der Waals surface area contributed by atoms with Gasteiger partial charge in [-0.15, -0.1) is 0 Å². The number of allylic oxidation sites excluding steroid dienone is 30. The molecule has 1 N–H and O–H groups in total. The molecule has 0 bridgehead atoms. The average molecular weight is 1210 g/mol. The van der Waals surface area contributed by atoms with Crippen LogP contribution in [0.25, 0.3) is 0 Å². The fourth-order valence-electron chi connectivity index (χ4n) is 9.85. The maximum atomic E-state index is 12.4. The molecule has 496 valence electrons. The highest BCUT2D eigenvalue weighted by atomic mass is 16.6. The summed E-state index contributed by atoms with van der Waals surface area (Å²) < 4.78 is 10.8. The number of unbranched alkanes of at least 4 members (excludes halogenated alkanes) is 27. The van der Waals surface area contributed by atoms with Gasteiger partial charge in [-0.3, -0.25) is 9.59 Å². The third-order valence-corrected chi connectivity index (χ3v) is 15.2. The Balaban J connectivity index is 3.53. The zero-order valence-corrected chi connectivity index (χ0v) is 56.9. The Morgan fingerprint density at radius 1 is 0.261 bits per heavy atom. The van der Waals surface area contributed by atoms with Gasteiger partial charge < -0.3 is 14.6 Å². The van der Waals surface area contributed by atoms with Crippen molar-refractivity contribution < 1.29 is 24.2 Å². The molecular weight excluding hydrogens is 1080 g/mol. The smallest absolute Gasteiger partial charge is 0.306 e. The second-order valence-electron chi connectivity index (χ2n) is 23.6. The van der Waals surface area contributed by atoms with E-state index in [1.165, 1.54) is 148 Å². The summed E-state index contributed by atoms with van der Waals surface area (Å²) in [6.07, 6.45) is 119. The van der Waals surface area contributed by atoms with Crippen molar-refractivity contribution in [1.82, 2.24) is 0 Å². The second kappa shape index (κ2) is 76.2. The van der Waals surface area contributed by atoms with Crippen LogP contribution in [-0.4, -0.2) is 36.4 Å². The van der Waals surface area contributed by atoms with Crippen molar-refractivity contribution >= 4 is 11.9 Å². The van der Waals surface area contributed by atoms with Gasteiger partial charge in [-0.25, -0.2) is 0 Å². The van der Waals surface area contributed by atoms with Crippen LogP contribution >= 0.6 is 0 Å². The minimum atomic E-state index is -0.786. The number of carbonyl (C=O) groups is 2. The van der Waals surface area contributed by atoms with E-state index in [1.807, 2.05) is 0 Å². The molecule has 0 amide bonds.